The second kappa shape index (κ2) is 8.06. The van der Waals surface area contributed by atoms with Gasteiger partial charge in [-0.1, -0.05) is 18.2 Å². The van der Waals surface area contributed by atoms with Crippen LogP contribution in [-0.4, -0.2) is 63.0 Å². The third kappa shape index (κ3) is 4.01. The zero-order valence-corrected chi connectivity index (χ0v) is 16.7. The van der Waals surface area contributed by atoms with E-state index in [0.717, 1.165) is 11.9 Å². The van der Waals surface area contributed by atoms with Crippen molar-refractivity contribution in [2.75, 3.05) is 20.1 Å². The van der Waals surface area contributed by atoms with E-state index in [0.29, 0.717) is 37.7 Å². The van der Waals surface area contributed by atoms with Crippen LogP contribution >= 0.6 is 0 Å². The molecule has 3 heterocycles. The lowest BCUT2D eigenvalue weighted by Gasteiger charge is -2.37. The molecule has 1 aliphatic heterocycles. The van der Waals surface area contributed by atoms with Gasteiger partial charge in [0.05, 0.1) is 0 Å². The number of benzene rings is 1. The summed E-state index contributed by atoms with van der Waals surface area (Å²) in [4.78, 5) is 31.1. The summed E-state index contributed by atoms with van der Waals surface area (Å²) < 4.78 is 5.72. The minimum Gasteiger partial charge on any atom is -0.425 e. The number of H-pyrrole nitrogens is 1. The summed E-state index contributed by atoms with van der Waals surface area (Å²) in [6, 6.07) is 7.75. The zero-order valence-electron chi connectivity index (χ0n) is 16.7. The number of likely N-dealkylation sites (N-methyl/N-ethyl adjacent to an activating group) is 1. The average molecular weight is 395 g/mol. The molecule has 152 valence electrons. The number of nitrogens with one attached hydrogen (secondary N) is 1. The number of carbonyl (C=O) groups is 2. The van der Waals surface area contributed by atoms with Crippen LogP contribution in [0.25, 0.3) is 10.9 Å². The van der Waals surface area contributed by atoms with Gasteiger partial charge in [0.25, 0.3) is 0 Å². The van der Waals surface area contributed by atoms with Crippen molar-refractivity contribution < 1.29 is 14.0 Å². The second-order valence-electron chi connectivity index (χ2n) is 7.47. The fraction of sp³-hybridized carbons (Fsp3) is 0.429. The van der Waals surface area contributed by atoms with Gasteiger partial charge >= 0.3 is 0 Å². The normalized spacial score (nSPS) is 17.3. The predicted molar refractivity (Wildman–Crippen MR) is 107 cm³/mol. The number of aromatic amines is 1. The molecule has 3 aromatic rings. The maximum Gasteiger partial charge on any atom is 0.244 e. The minimum absolute atomic E-state index is 0.0260. The van der Waals surface area contributed by atoms with E-state index >= 15 is 0 Å². The molecule has 1 aliphatic rings. The van der Waals surface area contributed by atoms with E-state index in [9.17, 15) is 9.59 Å². The van der Waals surface area contributed by atoms with Gasteiger partial charge in [-0.25, -0.2) is 0 Å². The monoisotopic (exact) mass is 395 g/mol. The number of fused-ring (bicyclic) bond motifs is 1. The maximum atomic E-state index is 12.5. The Bertz CT molecular complexity index is 1020. The van der Waals surface area contributed by atoms with Gasteiger partial charge in [-0.3, -0.25) is 9.59 Å². The molecule has 0 saturated carbocycles. The van der Waals surface area contributed by atoms with Crippen molar-refractivity contribution in [1.29, 1.82) is 0 Å². The largest absolute Gasteiger partial charge is 0.425 e. The van der Waals surface area contributed by atoms with Gasteiger partial charge in [-0.05, 0) is 25.0 Å². The first-order valence-corrected chi connectivity index (χ1v) is 9.93. The Hall–Kier alpha value is -3.16. The van der Waals surface area contributed by atoms with E-state index in [1.165, 1.54) is 10.9 Å². The molecule has 1 aromatic carbocycles. The summed E-state index contributed by atoms with van der Waals surface area (Å²) >= 11 is 0. The van der Waals surface area contributed by atoms with E-state index < -0.39 is 6.04 Å². The van der Waals surface area contributed by atoms with Crippen molar-refractivity contribution in [1.82, 2.24) is 25.0 Å². The SMILES string of the molecule is C[C@H]1C(=O)N(C)CCN1C(=O)CCc1nnc(CCc2c[nH]c3ccccc23)o1. The van der Waals surface area contributed by atoms with E-state index in [1.807, 2.05) is 18.3 Å². The molecule has 1 N–H and O–H groups in total. The van der Waals surface area contributed by atoms with E-state index in [-0.39, 0.29) is 18.2 Å². The van der Waals surface area contributed by atoms with E-state index in [4.69, 9.17) is 4.42 Å². The van der Waals surface area contributed by atoms with Gasteiger partial charge in [0, 0.05) is 56.5 Å². The van der Waals surface area contributed by atoms with Crippen LogP contribution in [0.3, 0.4) is 0 Å². The predicted octanol–water partition coefficient (Wildman–Crippen LogP) is 1.96. The highest BCUT2D eigenvalue weighted by Gasteiger charge is 2.32. The Morgan fingerprint density at radius 3 is 2.76 bits per heavy atom. The lowest BCUT2D eigenvalue weighted by molar-refractivity contribution is -0.149. The number of hydrogen-bond donors (Lipinski definition) is 1. The summed E-state index contributed by atoms with van der Waals surface area (Å²) in [5.41, 5.74) is 2.33. The quantitative estimate of drug-likeness (QED) is 0.688. The Labute approximate surface area is 168 Å². The number of hydrogen-bond acceptors (Lipinski definition) is 5. The molecule has 1 fully saturated rings. The molecule has 0 spiro atoms. The number of piperazine rings is 1. The molecule has 8 nitrogen and oxygen atoms in total. The summed E-state index contributed by atoms with van der Waals surface area (Å²) in [6.07, 6.45) is 4.09. The van der Waals surface area contributed by atoms with Gasteiger partial charge in [-0.2, -0.15) is 0 Å². The number of carbonyl (C=O) groups excluding carboxylic acids is 2. The van der Waals surface area contributed by atoms with Crippen LogP contribution in [0.5, 0.6) is 0 Å². The van der Waals surface area contributed by atoms with Gasteiger partial charge in [0.1, 0.15) is 6.04 Å². The van der Waals surface area contributed by atoms with Crippen molar-refractivity contribution in [3.8, 4) is 0 Å². The van der Waals surface area contributed by atoms with Crippen LogP contribution in [0.4, 0.5) is 0 Å². The lowest BCUT2D eigenvalue weighted by atomic mass is 10.1. The number of para-hydroxylation sites is 1. The van der Waals surface area contributed by atoms with Gasteiger partial charge in [-0.15, -0.1) is 10.2 Å². The number of rotatable bonds is 6. The first kappa shape index (κ1) is 19.2. The molecular formula is C21H25N5O3. The molecule has 0 unspecified atom stereocenters. The van der Waals surface area contributed by atoms with Crippen LogP contribution < -0.4 is 0 Å². The molecule has 8 heteroatoms. The van der Waals surface area contributed by atoms with Crippen molar-refractivity contribution in [2.24, 2.45) is 0 Å². The highest BCUT2D eigenvalue weighted by molar-refractivity contribution is 5.88. The molecule has 0 aliphatic carbocycles. The van der Waals surface area contributed by atoms with Gasteiger partial charge in [0.15, 0.2) is 0 Å². The number of aryl methyl sites for hydroxylation is 3. The Balaban J connectivity index is 1.30. The van der Waals surface area contributed by atoms with Crippen LogP contribution in [0.15, 0.2) is 34.9 Å². The van der Waals surface area contributed by atoms with Crippen molar-refractivity contribution >= 4 is 22.7 Å². The average Bonchev–Trinajstić information content (AvgIpc) is 3.35. The number of amides is 2. The summed E-state index contributed by atoms with van der Waals surface area (Å²) in [5, 5.41) is 9.38. The van der Waals surface area contributed by atoms with Crippen LogP contribution in [0.1, 0.15) is 30.7 Å². The molecule has 0 bridgehead atoms. The molecule has 4 rings (SSSR count). The number of nitrogens with zero attached hydrogens (tertiary/aromatic N) is 4. The topological polar surface area (TPSA) is 95.3 Å². The molecule has 29 heavy (non-hydrogen) atoms. The van der Waals surface area contributed by atoms with Crippen LogP contribution in [-0.2, 0) is 28.9 Å². The molecule has 1 saturated heterocycles. The Morgan fingerprint density at radius 1 is 1.17 bits per heavy atom. The summed E-state index contributed by atoms with van der Waals surface area (Å²) in [6.45, 7) is 2.89. The highest BCUT2D eigenvalue weighted by Crippen LogP contribution is 2.19. The summed E-state index contributed by atoms with van der Waals surface area (Å²) in [7, 11) is 1.76. The first-order chi connectivity index (χ1) is 14.0. The Kier molecular flexibility index (Phi) is 5.33. The minimum atomic E-state index is -0.421. The van der Waals surface area contributed by atoms with Gasteiger partial charge in [0.2, 0.25) is 23.6 Å². The fourth-order valence-electron chi connectivity index (χ4n) is 3.78. The molecule has 1 atom stereocenters. The van der Waals surface area contributed by atoms with Crippen LogP contribution in [0.2, 0.25) is 0 Å². The van der Waals surface area contributed by atoms with Gasteiger partial charge < -0.3 is 19.2 Å². The van der Waals surface area contributed by atoms with E-state index in [2.05, 4.69) is 27.3 Å². The first-order valence-electron chi connectivity index (χ1n) is 9.93. The molecule has 2 amide bonds. The standard InChI is InChI=1S/C21H25N5O3/c1-14-21(28)25(2)11-12-26(14)20(27)10-9-19-24-23-18(29-19)8-7-15-13-22-17-6-4-3-5-16(15)17/h3-6,13-14,22H,7-12H2,1-2H3/t14-/m0/s1. The Morgan fingerprint density at radius 2 is 1.93 bits per heavy atom. The zero-order chi connectivity index (χ0) is 20.4. The third-order valence-electron chi connectivity index (χ3n) is 5.54. The third-order valence-corrected chi connectivity index (χ3v) is 5.54. The van der Waals surface area contributed by atoms with Crippen molar-refractivity contribution in [3.63, 3.8) is 0 Å². The highest BCUT2D eigenvalue weighted by atomic mass is 16.4. The molecule has 2 aromatic heterocycles. The summed E-state index contributed by atoms with van der Waals surface area (Å²) in [5.74, 6) is 0.945. The molecule has 0 radical (unpaired) electrons. The fourth-order valence-corrected chi connectivity index (χ4v) is 3.78. The van der Waals surface area contributed by atoms with E-state index in [1.54, 1.807) is 23.8 Å². The second-order valence-corrected chi connectivity index (χ2v) is 7.47. The number of aromatic nitrogens is 3. The van der Waals surface area contributed by atoms with Crippen molar-refractivity contribution in [3.05, 3.63) is 47.8 Å². The molecular weight excluding hydrogens is 370 g/mol. The smallest absolute Gasteiger partial charge is 0.244 e. The van der Waals surface area contributed by atoms with Crippen LogP contribution in [0, 0.1) is 0 Å². The maximum absolute atomic E-state index is 12.5. The lowest BCUT2D eigenvalue weighted by Crippen LogP contribution is -2.56. The van der Waals surface area contributed by atoms with Crippen molar-refractivity contribution in [2.45, 2.75) is 38.6 Å².